The Balaban J connectivity index is 2.55. The summed E-state index contributed by atoms with van der Waals surface area (Å²) in [4.78, 5) is 23.7. The third kappa shape index (κ3) is 4.15. The molecule has 156 valence electrons. The second-order valence-electron chi connectivity index (χ2n) is 7.13. The molecule has 1 aromatic heterocycles. The fourth-order valence-electron chi connectivity index (χ4n) is 3.31. The van der Waals surface area contributed by atoms with Crippen molar-refractivity contribution in [2.24, 2.45) is 0 Å². The number of hydrogen-bond donors (Lipinski definition) is 6. The van der Waals surface area contributed by atoms with E-state index in [-0.39, 0.29) is 0 Å². The van der Waals surface area contributed by atoms with Crippen LogP contribution in [0.1, 0.15) is 24.5 Å². The van der Waals surface area contributed by atoms with Gasteiger partial charge in [-0.25, -0.2) is 4.79 Å². The Labute approximate surface area is 162 Å². The van der Waals surface area contributed by atoms with Gasteiger partial charge in [-0.2, -0.15) is 4.57 Å². The highest BCUT2D eigenvalue weighted by molar-refractivity contribution is 5.74. The number of ether oxygens (including phenoxy) is 1. The van der Waals surface area contributed by atoms with E-state index in [1.807, 2.05) is 6.92 Å². The predicted octanol–water partition coefficient (Wildman–Crippen LogP) is -2.30. The van der Waals surface area contributed by atoms with Crippen molar-refractivity contribution in [2.75, 3.05) is 6.61 Å². The molecule has 0 unspecified atom stereocenters. The second-order valence-corrected chi connectivity index (χ2v) is 7.13. The molecular weight excluding hydrogens is 372 g/mol. The van der Waals surface area contributed by atoms with Crippen LogP contribution >= 0.6 is 0 Å². The second kappa shape index (κ2) is 8.50. The summed E-state index contributed by atoms with van der Waals surface area (Å²) in [5.41, 5.74) is -0.400. The van der Waals surface area contributed by atoms with Crippen LogP contribution in [0, 0.1) is 13.8 Å². The lowest BCUT2D eigenvalue weighted by atomic mass is 9.87. The molecule has 1 aromatic rings. The summed E-state index contributed by atoms with van der Waals surface area (Å²) in [5.74, 6) is -1.96. The lowest BCUT2D eigenvalue weighted by molar-refractivity contribution is -0.801. The van der Waals surface area contributed by atoms with Crippen molar-refractivity contribution in [3.8, 4) is 0 Å². The molecule has 10 nitrogen and oxygen atoms in total. The molecule has 1 aliphatic rings. The fraction of sp³-hybridized carbons (Fsp3) is 0.611. The van der Waals surface area contributed by atoms with Crippen LogP contribution < -0.4 is 9.88 Å². The zero-order chi connectivity index (χ0) is 21.2. The van der Waals surface area contributed by atoms with Crippen LogP contribution in [0.3, 0.4) is 0 Å². The summed E-state index contributed by atoms with van der Waals surface area (Å²) < 4.78 is 7.03. The number of carboxylic acids is 1. The molecule has 0 aromatic carbocycles. The van der Waals surface area contributed by atoms with Crippen molar-refractivity contribution in [3.63, 3.8) is 0 Å². The third-order valence-corrected chi connectivity index (χ3v) is 5.06. The number of pyridine rings is 1. The lowest BCUT2D eigenvalue weighted by Gasteiger charge is -2.43. The van der Waals surface area contributed by atoms with E-state index in [4.69, 9.17) is 9.84 Å². The summed E-state index contributed by atoms with van der Waals surface area (Å²) in [5, 5.41) is 52.4. The van der Waals surface area contributed by atoms with Crippen molar-refractivity contribution >= 4 is 11.9 Å². The molecule has 2 heterocycles. The number of aliphatic hydroxyl groups is 4. The number of aliphatic hydroxyl groups excluding tert-OH is 4. The molecule has 0 spiro atoms. The summed E-state index contributed by atoms with van der Waals surface area (Å²) in [6.45, 7) is 4.00. The van der Waals surface area contributed by atoms with Crippen molar-refractivity contribution in [1.29, 1.82) is 0 Å². The van der Waals surface area contributed by atoms with E-state index in [1.165, 1.54) is 17.7 Å². The molecular formula is C18H27N2O8+. The minimum atomic E-state index is -2.09. The van der Waals surface area contributed by atoms with Gasteiger partial charge in [-0.1, -0.05) is 0 Å². The number of carboxylic acid groups (broad SMARTS) is 1. The predicted molar refractivity (Wildman–Crippen MR) is 93.9 cm³/mol. The smallest absolute Gasteiger partial charge is 0.407 e. The molecule has 2 rings (SSSR count). The van der Waals surface area contributed by atoms with Gasteiger partial charge in [0.2, 0.25) is 5.91 Å². The Bertz CT molecular complexity index is 742. The quantitative estimate of drug-likeness (QED) is 0.291. The Kier molecular flexibility index (Phi) is 6.73. The number of rotatable bonds is 6. The van der Waals surface area contributed by atoms with Gasteiger partial charge in [0.05, 0.1) is 25.2 Å². The Morgan fingerprint density at radius 1 is 1.36 bits per heavy atom. The van der Waals surface area contributed by atoms with Crippen molar-refractivity contribution in [2.45, 2.75) is 63.4 Å². The zero-order valence-corrected chi connectivity index (χ0v) is 15.9. The first-order chi connectivity index (χ1) is 13.0. The van der Waals surface area contributed by atoms with E-state index in [2.05, 4.69) is 5.32 Å². The van der Waals surface area contributed by atoms with Crippen molar-refractivity contribution < 1.29 is 44.4 Å². The monoisotopic (exact) mass is 399 g/mol. The van der Waals surface area contributed by atoms with Crippen molar-refractivity contribution in [3.05, 3.63) is 29.6 Å². The number of carbonyl (C=O) groups is 2. The molecule has 1 saturated heterocycles. The van der Waals surface area contributed by atoms with Crippen LogP contribution in [0.4, 0.5) is 0 Å². The topological polar surface area (TPSA) is 160 Å². The molecule has 0 bridgehead atoms. The maximum absolute atomic E-state index is 12.2. The van der Waals surface area contributed by atoms with Gasteiger partial charge in [0.25, 0.3) is 0 Å². The zero-order valence-electron chi connectivity index (χ0n) is 15.9. The number of carbonyl (C=O) groups excluding carboxylic acids is 1. The van der Waals surface area contributed by atoms with E-state index >= 15 is 0 Å². The molecule has 0 radical (unpaired) electrons. The van der Waals surface area contributed by atoms with Crippen LogP contribution in [-0.2, 0) is 20.1 Å². The standard InChI is InChI=1S/C18H26N2O8/c1-9-4-5-20(7-10(9)2)18(17(26)27)6-12(23)14(19-11(3)22)16(28-18)15(25)13(24)8-21/h4-5,7,12-16,21,23-25H,6,8H2,1-3H3,(H-,19,22,26,27)/p+1/t12-,13+,14+,15+,16+,18+/m0/s1. The van der Waals surface area contributed by atoms with Gasteiger partial charge in [-0.3, -0.25) is 4.79 Å². The summed E-state index contributed by atoms with van der Waals surface area (Å²) in [7, 11) is 0. The number of aryl methyl sites for hydroxylation is 2. The fourth-order valence-corrected chi connectivity index (χ4v) is 3.31. The number of amides is 1. The molecule has 6 N–H and O–H groups in total. The van der Waals surface area contributed by atoms with Crippen LogP contribution in [0.5, 0.6) is 0 Å². The van der Waals surface area contributed by atoms with E-state index in [9.17, 15) is 30.0 Å². The first kappa shape index (κ1) is 22.2. The van der Waals surface area contributed by atoms with E-state index < -0.39 is 61.1 Å². The van der Waals surface area contributed by atoms with Gasteiger partial charge < -0.3 is 35.6 Å². The molecule has 10 heteroatoms. The van der Waals surface area contributed by atoms with Crippen LogP contribution in [-0.4, -0.2) is 74.5 Å². The van der Waals surface area contributed by atoms with Gasteiger partial charge >= 0.3 is 11.7 Å². The lowest BCUT2D eigenvalue weighted by Crippen LogP contribution is -2.74. The summed E-state index contributed by atoms with van der Waals surface area (Å²) >= 11 is 0. The average molecular weight is 399 g/mol. The van der Waals surface area contributed by atoms with Gasteiger partial charge in [-0.15, -0.1) is 0 Å². The number of aromatic nitrogens is 1. The summed E-state index contributed by atoms with van der Waals surface area (Å²) in [6.07, 6.45) is -3.73. The number of nitrogens with one attached hydrogen (secondary N) is 1. The third-order valence-electron chi connectivity index (χ3n) is 5.06. The van der Waals surface area contributed by atoms with Gasteiger partial charge in [-0.05, 0) is 19.4 Å². The van der Waals surface area contributed by atoms with Crippen molar-refractivity contribution in [1.82, 2.24) is 5.32 Å². The van der Waals surface area contributed by atoms with E-state index in [1.54, 1.807) is 19.2 Å². The minimum Gasteiger partial charge on any atom is -0.474 e. The van der Waals surface area contributed by atoms with E-state index in [0.29, 0.717) is 0 Å². The SMILES string of the molecule is CC(=O)N[C@H]1[C@H]([C@H](O)[C@H](O)CO)O[C@](C(=O)O)([n+]2ccc(C)c(C)c2)C[C@@H]1O. The van der Waals surface area contributed by atoms with Gasteiger partial charge in [0.15, 0.2) is 12.4 Å². The Hall–Kier alpha value is -2.11. The van der Waals surface area contributed by atoms with Gasteiger partial charge in [0, 0.05) is 18.6 Å². The molecule has 0 saturated carbocycles. The van der Waals surface area contributed by atoms with E-state index in [0.717, 1.165) is 11.1 Å². The molecule has 1 amide bonds. The van der Waals surface area contributed by atoms with Gasteiger partial charge in [0.1, 0.15) is 18.3 Å². The molecule has 6 atom stereocenters. The number of hydrogen-bond acceptors (Lipinski definition) is 7. The molecule has 0 aliphatic carbocycles. The van der Waals surface area contributed by atoms with Crippen LogP contribution in [0.2, 0.25) is 0 Å². The first-order valence-electron chi connectivity index (χ1n) is 8.86. The molecule has 28 heavy (non-hydrogen) atoms. The van der Waals surface area contributed by atoms with Crippen LogP contribution in [0.25, 0.3) is 0 Å². The highest BCUT2D eigenvalue weighted by Crippen LogP contribution is 2.32. The van der Waals surface area contributed by atoms with Crippen LogP contribution in [0.15, 0.2) is 18.5 Å². The highest BCUT2D eigenvalue weighted by Gasteiger charge is 2.61. The summed E-state index contributed by atoms with van der Waals surface area (Å²) in [6, 6.07) is 0.497. The average Bonchev–Trinajstić information content (AvgIpc) is 2.63. The maximum atomic E-state index is 12.2. The Morgan fingerprint density at radius 2 is 2.00 bits per heavy atom. The molecule has 1 fully saturated rings. The Morgan fingerprint density at radius 3 is 2.50 bits per heavy atom. The minimum absolute atomic E-state index is 0.418. The number of aliphatic carboxylic acids is 1. The largest absolute Gasteiger partial charge is 0.474 e. The number of nitrogens with zero attached hydrogens (tertiary/aromatic N) is 1. The molecule has 1 aliphatic heterocycles. The maximum Gasteiger partial charge on any atom is 0.407 e. The normalized spacial score (nSPS) is 29.8. The highest BCUT2D eigenvalue weighted by atomic mass is 16.6. The first-order valence-corrected chi connectivity index (χ1v) is 8.86.